The molecule has 1 unspecified atom stereocenters. The Bertz CT molecular complexity index is 112. The first-order valence-corrected chi connectivity index (χ1v) is 4.81. The second kappa shape index (κ2) is 5.36. The standard InChI is InChI=1S/C10H19N/c1-2-3-4-6-10-7-5-8-11-9-10/h4,6,10-11H,2-3,5,7-9H2,1H3/b6-4+. The van der Waals surface area contributed by atoms with Crippen molar-refractivity contribution in [2.45, 2.75) is 32.6 Å². The zero-order valence-electron chi connectivity index (χ0n) is 7.47. The number of hydrogen-bond donors (Lipinski definition) is 1. The van der Waals surface area contributed by atoms with Gasteiger partial charge in [-0.2, -0.15) is 0 Å². The first kappa shape index (κ1) is 8.79. The van der Waals surface area contributed by atoms with E-state index in [0.29, 0.717) is 0 Å². The Hall–Kier alpha value is -0.300. The van der Waals surface area contributed by atoms with Gasteiger partial charge in [0.1, 0.15) is 0 Å². The fourth-order valence-electron chi connectivity index (χ4n) is 1.50. The highest BCUT2D eigenvalue weighted by Gasteiger charge is 2.07. The fraction of sp³-hybridized carbons (Fsp3) is 0.800. The Morgan fingerprint density at radius 1 is 1.55 bits per heavy atom. The molecule has 1 atom stereocenters. The summed E-state index contributed by atoms with van der Waals surface area (Å²) in [4.78, 5) is 0. The van der Waals surface area contributed by atoms with Gasteiger partial charge < -0.3 is 5.32 Å². The van der Waals surface area contributed by atoms with Crippen molar-refractivity contribution in [3.05, 3.63) is 12.2 Å². The van der Waals surface area contributed by atoms with Gasteiger partial charge in [-0.25, -0.2) is 0 Å². The minimum Gasteiger partial charge on any atom is -0.316 e. The van der Waals surface area contributed by atoms with Gasteiger partial charge in [0.05, 0.1) is 0 Å². The van der Waals surface area contributed by atoms with E-state index in [1.807, 2.05) is 0 Å². The quantitative estimate of drug-likeness (QED) is 0.614. The maximum atomic E-state index is 3.41. The van der Waals surface area contributed by atoms with E-state index >= 15 is 0 Å². The molecule has 0 bridgehead atoms. The SMILES string of the molecule is CCC/C=C/C1CCCNC1. The van der Waals surface area contributed by atoms with Gasteiger partial charge in [0.2, 0.25) is 0 Å². The Morgan fingerprint density at radius 2 is 2.45 bits per heavy atom. The molecule has 1 N–H and O–H groups in total. The maximum absolute atomic E-state index is 3.41. The number of allylic oxidation sites excluding steroid dienone is 1. The van der Waals surface area contributed by atoms with Gasteiger partial charge >= 0.3 is 0 Å². The molecule has 0 aromatic heterocycles. The number of rotatable bonds is 3. The van der Waals surface area contributed by atoms with Crippen LogP contribution >= 0.6 is 0 Å². The minimum absolute atomic E-state index is 0.815. The molecule has 0 aliphatic carbocycles. The van der Waals surface area contributed by atoms with Crippen LogP contribution in [0.15, 0.2) is 12.2 Å². The van der Waals surface area contributed by atoms with Gasteiger partial charge in [-0.1, -0.05) is 25.5 Å². The van der Waals surface area contributed by atoms with E-state index < -0.39 is 0 Å². The highest BCUT2D eigenvalue weighted by Crippen LogP contribution is 2.11. The van der Waals surface area contributed by atoms with E-state index in [0.717, 1.165) is 5.92 Å². The number of piperidine rings is 1. The van der Waals surface area contributed by atoms with E-state index in [4.69, 9.17) is 0 Å². The third kappa shape index (κ3) is 3.57. The van der Waals surface area contributed by atoms with Crippen LogP contribution in [-0.2, 0) is 0 Å². The summed E-state index contributed by atoms with van der Waals surface area (Å²) in [5.41, 5.74) is 0. The maximum Gasteiger partial charge on any atom is 0.00142 e. The third-order valence-electron chi connectivity index (χ3n) is 2.20. The first-order chi connectivity index (χ1) is 5.43. The molecule has 1 aliphatic heterocycles. The van der Waals surface area contributed by atoms with Crippen molar-refractivity contribution in [3.8, 4) is 0 Å². The van der Waals surface area contributed by atoms with Crippen molar-refractivity contribution < 1.29 is 0 Å². The van der Waals surface area contributed by atoms with Crippen molar-refractivity contribution in [2.75, 3.05) is 13.1 Å². The monoisotopic (exact) mass is 153 g/mol. The molecular weight excluding hydrogens is 134 g/mol. The van der Waals surface area contributed by atoms with Crippen LogP contribution in [0.4, 0.5) is 0 Å². The van der Waals surface area contributed by atoms with Crippen molar-refractivity contribution in [1.29, 1.82) is 0 Å². The predicted molar refractivity (Wildman–Crippen MR) is 49.6 cm³/mol. The van der Waals surface area contributed by atoms with Crippen molar-refractivity contribution >= 4 is 0 Å². The van der Waals surface area contributed by atoms with E-state index in [-0.39, 0.29) is 0 Å². The second-order valence-electron chi connectivity index (χ2n) is 3.32. The Balaban J connectivity index is 2.13. The van der Waals surface area contributed by atoms with Crippen LogP contribution in [0.3, 0.4) is 0 Å². The van der Waals surface area contributed by atoms with Crippen LogP contribution in [0.2, 0.25) is 0 Å². The highest BCUT2D eigenvalue weighted by atomic mass is 14.9. The molecule has 1 heterocycles. The minimum atomic E-state index is 0.815. The molecule has 1 nitrogen and oxygen atoms in total. The van der Waals surface area contributed by atoms with Crippen LogP contribution in [0, 0.1) is 5.92 Å². The lowest BCUT2D eigenvalue weighted by Gasteiger charge is -2.19. The molecule has 1 heteroatoms. The second-order valence-corrected chi connectivity index (χ2v) is 3.32. The van der Waals surface area contributed by atoms with Gasteiger partial charge in [-0.3, -0.25) is 0 Å². The summed E-state index contributed by atoms with van der Waals surface area (Å²) >= 11 is 0. The topological polar surface area (TPSA) is 12.0 Å². The molecule has 1 fully saturated rings. The summed E-state index contributed by atoms with van der Waals surface area (Å²) in [5.74, 6) is 0.815. The number of unbranched alkanes of at least 4 members (excludes halogenated alkanes) is 1. The Kier molecular flexibility index (Phi) is 4.29. The van der Waals surface area contributed by atoms with Crippen molar-refractivity contribution in [1.82, 2.24) is 5.32 Å². The fourth-order valence-corrected chi connectivity index (χ4v) is 1.50. The summed E-state index contributed by atoms with van der Waals surface area (Å²) < 4.78 is 0. The highest BCUT2D eigenvalue weighted by molar-refractivity contribution is 4.90. The lowest BCUT2D eigenvalue weighted by Crippen LogP contribution is -2.28. The van der Waals surface area contributed by atoms with Gasteiger partial charge in [0, 0.05) is 6.54 Å². The van der Waals surface area contributed by atoms with Crippen LogP contribution in [0.5, 0.6) is 0 Å². The average Bonchev–Trinajstić information content (AvgIpc) is 2.07. The lowest BCUT2D eigenvalue weighted by molar-refractivity contribution is 0.438. The van der Waals surface area contributed by atoms with Gasteiger partial charge in [0.25, 0.3) is 0 Å². The largest absolute Gasteiger partial charge is 0.316 e. The van der Waals surface area contributed by atoms with E-state index in [1.165, 1.54) is 38.8 Å². The molecule has 0 amide bonds. The molecular formula is C10H19N. The number of hydrogen-bond acceptors (Lipinski definition) is 1. The molecule has 0 aromatic rings. The average molecular weight is 153 g/mol. The van der Waals surface area contributed by atoms with Crippen molar-refractivity contribution in [3.63, 3.8) is 0 Å². The first-order valence-electron chi connectivity index (χ1n) is 4.81. The molecule has 64 valence electrons. The molecule has 1 rings (SSSR count). The summed E-state index contributed by atoms with van der Waals surface area (Å²) in [7, 11) is 0. The van der Waals surface area contributed by atoms with E-state index in [2.05, 4.69) is 24.4 Å². The lowest BCUT2D eigenvalue weighted by atomic mass is 9.99. The Labute approximate surface area is 69.9 Å². The van der Waals surface area contributed by atoms with Gasteiger partial charge in [-0.15, -0.1) is 0 Å². The molecule has 11 heavy (non-hydrogen) atoms. The smallest absolute Gasteiger partial charge is 0.00142 e. The summed E-state index contributed by atoms with van der Waals surface area (Å²) in [6, 6.07) is 0. The number of nitrogens with one attached hydrogen (secondary N) is 1. The zero-order valence-corrected chi connectivity index (χ0v) is 7.47. The Morgan fingerprint density at radius 3 is 3.09 bits per heavy atom. The van der Waals surface area contributed by atoms with Gasteiger partial charge in [-0.05, 0) is 31.7 Å². The predicted octanol–water partition coefficient (Wildman–Crippen LogP) is 2.34. The molecule has 1 saturated heterocycles. The van der Waals surface area contributed by atoms with Crippen LogP contribution < -0.4 is 5.32 Å². The summed E-state index contributed by atoms with van der Waals surface area (Å²) in [6.07, 6.45) is 9.97. The normalized spacial score (nSPS) is 26.1. The van der Waals surface area contributed by atoms with Crippen molar-refractivity contribution in [2.24, 2.45) is 5.92 Å². The zero-order chi connectivity index (χ0) is 7.94. The van der Waals surface area contributed by atoms with E-state index in [9.17, 15) is 0 Å². The molecule has 0 saturated carbocycles. The molecule has 1 aliphatic rings. The van der Waals surface area contributed by atoms with Gasteiger partial charge in [0.15, 0.2) is 0 Å². The van der Waals surface area contributed by atoms with Crippen LogP contribution in [0.25, 0.3) is 0 Å². The van der Waals surface area contributed by atoms with Crippen LogP contribution in [-0.4, -0.2) is 13.1 Å². The molecule has 0 radical (unpaired) electrons. The summed E-state index contributed by atoms with van der Waals surface area (Å²) in [5, 5.41) is 3.41. The molecule has 0 spiro atoms. The van der Waals surface area contributed by atoms with Crippen LogP contribution in [0.1, 0.15) is 32.6 Å². The van der Waals surface area contributed by atoms with E-state index in [1.54, 1.807) is 0 Å². The molecule has 0 aromatic carbocycles. The summed E-state index contributed by atoms with van der Waals surface area (Å²) in [6.45, 7) is 4.64. The third-order valence-corrected chi connectivity index (χ3v) is 2.20.